The van der Waals surface area contributed by atoms with Gasteiger partial charge in [-0.2, -0.15) is 0 Å². The molecule has 0 spiro atoms. The monoisotopic (exact) mass is 598 g/mol. The Morgan fingerprint density at radius 3 is 2.50 bits per heavy atom. The van der Waals surface area contributed by atoms with Crippen LogP contribution < -0.4 is 4.74 Å². The summed E-state index contributed by atoms with van der Waals surface area (Å²) in [6.45, 7) is 8.51. The Balaban J connectivity index is 1.89. The first kappa shape index (κ1) is 23.3. The molecular weight excluding hydrogens is 575 g/mol. The highest BCUT2D eigenvalue weighted by molar-refractivity contribution is 14.1. The van der Waals surface area contributed by atoms with E-state index in [0.29, 0.717) is 11.5 Å². The van der Waals surface area contributed by atoms with Gasteiger partial charge in [0.1, 0.15) is 12.4 Å². The minimum absolute atomic E-state index is 0.0158. The summed E-state index contributed by atoms with van der Waals surface area (Å²) in [5.41, 5.74) is 1.96. The smallest absolute Gasteiger partial charge is 0.266 e. The Hall–Kier alpha value is -1.32. The molecule has 1 amide bonds. The lowest BCUT2D eigenvalue weighted by atomic mass is 10.1. The number of hydrogen-bond acceptors (Lipinski definition) is 4. The zero-order chi connectivity index (χ0) is 21.8. The highest BCUT2D eigenvalue weighted by Gasteiger charge is 2.35. The predicted molar refractivity (Wildman–Crippen MR) is 138 cm³/mol. The van der Waals surface area contributed by atoms with Crippen molar-refractivity contribution in [3.63, 3.8) is 0 Å². The molecule has 30 heavy (non-hydrogen) atoms. The number of carbonyl (C=O) groups excluding carboxylic acids is 1. The number of rotatable bonds is 6. The van der Waals surface area contributed by atoms with Gasteiger partial charge in [-0.1, -0.05) is 28.1 Å². The largest absolute Gasteiger partial charge is 0.488 e. The lowest BCUT2D eigenvalue weighted by Crippen LogP contribution is -2.35. The van der Waals surface area contributed by atoms with Crippen molar-refractivity contribution in [2.24, 2.45) is 4.99 Å². The van der Waals surface area contributed by atoms with Crippen LogP contribution in [-0.4, -0.2) is 28.1 Å². The molecule has 0 bridgehead atoms. The molecule has 0 N–H and O–H groups in total. The molecule has 0 atom stereocenters. The fourth-order valence-corrected chi connectivity index (χ4v) is 4.86. The molecule has 1 fully saturated rings. The van der Waals surface area contributed by atoms with Crippen LogP contribution in [0.25, 0.3) is 6.08 Å². The van der Waals surface area contributed by atoms with Crippen LogP contribution in [0.1, 0.15) is 38.8 Å². The Kier molecular flexibility index (Phi) is 8.04. The molecule has 0 radical (unpaired) electrons. The molecule has 0 saturated carbocycles. The van der Waals surface area contributed by atoms with Crippen LogP contribution in [0.15, 0.2) is 56.8 Å². The average Bonchev–Trinajstić information content (AvgIpc) is 2.97. The van der Waals surface area contributed by atoms with E-state index in [4.69, 9.17) is 4.74 Å². The number of carbonyl (C=O) groups is 1. The molecule has 7 heteroatoms. The third-order valence-electron chi connectivity index (χ3n) is 4.29. The van der Waals surface area contributed by atoms with Gasteiger partial charge in [-0.25, -0.2) is 0 Å². The third-order valence-corrected chi connectivity index (χ3v) is 6.50. The van der Waals surface area contributed by atoms with Gasteiger partial charge >= 0.3 is 0 Å². The summed E-state index contributed by atoms with van der Waals surface area (Å²) >= 11 is 7.25. The van der Waals surface area contributed by atoms with Gasteiger partial charge in [-0.05, 0) is 104 Å². The maximum Gasteiger partial charge on any atom is 0.266 e. The second kappa shape index (κ2) is 10.3. The van der Waals surface area contributed by atoms with Gasteiger partial charge in [0.15, 0.2) is 5.17 Å². The first-order valence-corrected chi connectivity index (χ1v) is 12.4. The van der Waals surface area contributed by atoms with Gasteiger partial charge in [0.25, 0.3) is 5.91 Å². The first-order valence-electron chi connectivity index (χ1n) is 9.72. The minimum Gasteiger partial charge on any atom is -0.488 e. The van der Waals surface area contributed by atoms with E-state index in [0.717, 1.165) is 26.5 Å². The van der Waals surface area contributed by atoms with Crippen molar-refractivity contribution in [2.75, 3.05) is 0 Å². The molecule has 1 saturated heterocycles. The molecule has 1 heterocycles. The molecule has 4 nitrogen and oxygen atoms in total. The van der Waals surface area contributed by atoms with Crippen molar-refractivity contribution in [1.29, 1.82) is 0 Å². The molecule has 1 aliphatic heterocycles. The number of hydrogen-bond donors (Lipinski definition) is 0. The summed E-state index contributed by atoms with van der Waals surface area (Å²) in [4.78, 5) is 20.1. The molecule has 0 aromatic heterocycles. The van der Waals surface area contributed by atoms with Crippen LogP contribution >= 0.6 is 50.3 Å². The molecule has 2 aromatic rings. The Morgan fingerprint density at radius 1 is 1.17 bits per heavy atom. The van der Waals surface area contributed by atoms with Crippen LogP contribution in [0.2, 0.25) is 0 Å². The van der Waals surface area contributed by atoms with Crippen molar-refractivity contribution in [2.45, 2.75) is 46.4 Å². The number of aliphatic imine (C=N–C) groups is 1. The standard InChI is InChI=1S/C23H24BrIN2O2S/c1-14(2)26-23-27(15(3)4)22(28)21(30-23)12-17-11-18(24)7-10-20(17)29-13-16-5-8-19(25)9-6-16/h5-12,14-15H,13H2,1-4H3/b21-12+,26-23?. The number of amides is 1. The van der Waals surface area contributed by atoms with Gasteiger partial charge in [-0.3, -0.25) is 14.7 Å². The van der Waals surface area contributed by atoms with Gasteiger partial charge in [0.2, 0.25) is 0 Å². The second-order valence-electron chi connectivity index (χ2n) is 7.48. The van der Waals surface area contributed by atoms with Crippen molar-refractivity contribution in [1.82, 2.24) is 4.90 Å². The normalized spacial score (nSPS) is 17.1. The van der Waals surface area contributed by atoms with Gasteiger partial charge in [0, 0.05) is 25.7 Å². The number of benzene rings is 2. The predicted octanol–water partition coefficient (Wildman–Crippen LogP) is 6.72. The van der Waals surface area contributed by atoms with Crippen LogP contribution in [0.4, 0.5) is 0 Å². The lowest BCUT2D eigenvalue weighted by Gasteiger charge is -2.20. The average molecular weight is 599 g/mol. The van der Waals surface area contributed by atoms with E-state index in [-0.39, 0.29) is 18.0 Å². The van der Waals surface area contributed by atoms with Gasteiger partial charge < -0.3 is 4.74 Å². The fourth-order valence-electron chi connectivity index (χ4n) is 2.90. The van der Waals surface area contributed by atoms with Crippen molar-refractivity contribution in [3.8, 4) is 5.75 Å². The number of thioether (sulfide) groups is 1. The molecule has 158 valence electrons. The van der Waals surface area contributed by atoms with Crippen molar-refractivity contribution < 1.29 is 9.53 Å². The zero-order valence-electron chi connectivity index (χ0n) is 17.4. The molecule has 3 rings (SSSR count). The number of amidine groups is 1. The van der Waals surface area contributed by atoms with Crippen LogP contribution in [0.5, 0.6) is 5.75 Å². The van der Waals surface area contributed by atoms with E-state index in [9.17, 15) is 4.79 Å². The highest BCUT2D eigenvalue weighted by Crippen LogP contribution is 2.36. The summed E-state index contributed by atoms with van der Waals surface area (Å²) in [6, 6.07) is 14.3. The van der Waals surface area contributed by atoms with Crippen molar-refractivity contribution in [3.05, 3.63) is 66.5 Å². The van der Waals surface area contributed by atoms with E-state index >= 15 is 0 Å². The Labute approximate surface area is 204 Å². The topological polar surface area (TPSA) is 41.9 Å². The fraction of sp³-hybridized carbons (Fsp3) is 0.304. The molecule has 2 aromatic carbocycles. The van der Waals surface area contributed by atoms with Gasteiger partial charge in [0.05, 0.1) is 4.91 Å². The highest BCUT2D eigenvalue weighted by atomic mass is 127. The van der Waals surface area contributed by atoms with Gasteiger partial charge in [-0.15, -0.1) is 0 Å². The summed E-state index contributed by atoms with van der Waals surface area (Å²) in [5.74, 6) is 0.723. The summed E-state index contributed by atoms with van der Waals surface area (Å²) in [5, 5.41) is 0.757. The zero-order valence-corrected chi connectivity index (χ0v) is 21.9. The van der Waals surface area contributed by atoms with Crippen LogP contribution in [0.3, 0.4) is 0 Å². The lowest BCUT2D eigenvalue weighted by molar-refractivity contribution is -0.123. The van der Waals surface area contributed by atoms with Crippen LogP contribution in [-0.2, 0) is 11.4 Å². The number of halogens is 2. The SMILES string of the molecule is CC(C)N=C1S/C(=C/c2cc(Br)ccc2OCc2ccc(I)cc2)C(=O)N1C(C)C. The van der Waals surface area contributed by atoms with E-state index < -0.39 is 0 Å². The quantitative estimate of drug-likeness (QED) is 0.274. The maximum atomic E-state index is 13.1. The number of nitrogens with zero attached hydrogens (tertiary/aromatic N) is 2. The van der Waals surface area contributed by atoms with E-state index in [1.807, 2.05) is 52.0 Å². The summed E-state index contributed by atoms with van der Waals surface area (Å²) in [7, 11) is 0. The van der Waals surface area contributed by atoms with E-state index in [2.05, 4.69) is 67.8 Å². The summed E-state index contributed by atoms with van der Waals surface area (Å²) < 4.78 is 8.22. The first-order chi connectivity index (χ1) is 14.2. The van der Waals surface area contributed by atoms with Crippen LogP contribution in [0, 0.1) is 3.57 Å². The molecular formula is C23H24BrIN2O2S. The molecule has 0 unspecified atom stereocenters. The molecule has 0 aliphatic carbocycles. The van der Waals surface area contributed by atoms with Crippen molar-refractivity contribution >= 4 is 67.4 Å². The third kappa shape index (κ3) is 5.88. The minimum atomic E-state index is -0.0158. The second-order valence-corrected chi connectivity index (χ2v) is 10.7. The summed E-state index contributed by atoms with van der Waals surface area (Å²) in [6.07, 6.45) is 1.90. The Bertz CT molecular complexity index is 987. The maximum absolute atomic E-state index is 13.1. The Morgan fingerprint density at radius 2 is 1.87 bits per heavy atom. The van der Waals surface area contributed by atoms with E-state index in [1.165, 1.54) is 15.3 Å². The number of ether oxygens (including phenoxy) is 1. The molecule has 1 aliphatic rings. The van der Waals surface area contributed by atoms with E-state index in [1.54, 1.807) is 4.90 Å².